The van der Waals surface area contributed by atoms with Crippen LogP contribution < -0.4 is 5.69 Å². The number of allylic oxidation sites excluding steroid dienone is 1. The maximum atomic E-state index is 13.8. The first-order valence-corrected chi connectivity index (χ1v) is 11.9. The number of hydrogen-bond acceptors (Lipinski definition) is 7. The second-order valence-electron chi connectivity index (χ2n) is 8.72. The molecule has 35 heavy (non-hydrogen) atoms. The van der Waals surface area contributed by atoms with Gasteiger partial charge in [-0.3, -0.25) is 9.56 Å². The van der Waals surface area contributed by atoms with Gasteiger partial charge in [0.1, 0.15) is 6.33 Å². The monoisotopic (exact) mass is 472 g/mol. The molecule has 1 aliphatic rings. The number of rotatable bonds is 9. The standard InChI is InChI=1S/C24H28N10O/c1-3-6-20-15-32(22-26-17-27-34(22)13-4-2)23(35)33(20)16-24(9-11-25-12-10-24)19-8-5-7-18(14-19)21-28-30-31-29-21/h5,7-9,11-12,14-15,17H,3-4,6,10,13,16H2,1-2H3,(H,28,29,30,31). The lowest BCUT2D eigenvalue weighted by Gasteiger charge is -2.32. The number of aryl methyl sites for hydroxylation is 2. The zero-order valence-electron chi connectivity index (χ0n) is 19.9. The van der Waals surface area contributed by atoms with E-state index in [0.717, 1.165) is 36.1 Å². The Hall–Kier alpha value is -4.15. The van der Waals surface area contributed by atoms with Gasteiger partial charge >= 0.3 is 5.69 Å². The molecule has 4 aromatic rings. The smallest absolute Gasteiger partial charge is 0.295 e. The zero-order valence-corrected chi connectivity index (χ0v) is 19.9. The molecule has 11 heteroatoms. The molecule has 180 valence electrons. The van der Waals surface area contributed by atoms with Crippen LogP contribution in [0.3, 0.4) is 0 Å². The third-order valence-corrected chi connectivity index (χ3v) is 6.34. The van der Waals surface area contributed by atoms with Crippen LogP contribution in [0.4, 0.5) is 0 Å². The van der Waals surface area contributed by atoms with E-state index >= 15 is 0 Å². The molecular formula is C24H28N10O. The van der Waals surface area contributed by atoms with Crippen molar-refractivity contribution in [3.8, 4) is 17.3 Å². The largest absolute Gasteiger partial charge is 0.335 e. The number of hydrogen-bond donors (Lipinski definition) is 1. The van der Waals surface area contributed by atoms with Crippen molar-refractivity contribution in [3.63, 3.8) is 0 Å². The van der Waals surface area contributed by atoms with Crippen molar-refractivity contribution < 1.29 is 0 Å². The molecule has 0 aliphatic carbocycles. The Morgan fingerprint density at radius 3 is 2.86 bits per heavy atom. The van der Waals surface area contributed by atoms with E-state index in [1.165, 1.54) is 6.33 Å². The number of benzene rings is 1. The number of tetrazole rings is 1. The third kappa shape index (κ3) is 4.25. The van der Waals surface area contributed by atoms with E-state index in [9.17, 15) is 4.79 Å². The molecule has 1 atom stereocenters. The summed E-state index contributed by atoms with van der Waals surface area (Å²) in [5.41, 5.74) is 2.30. The van der Waals surface area contributed by atoms with Crippen molar-refractivity contribution in [2.45, 2.75) is 58.0 Å². The minimum Gasteiger partial charge on any atom is -0.295 e. The fraction of sp³-hybridized carbons (Fsp3) is 0.375. The van der Waals surface area contributed by atoms with Gasteiger partial charge in [0, 0.05) is 48.4 Å². The highest BCUT2D eigenvalue weighted by Crippen LogP contribution is 2.35. The third-order valence-electron chi connectivity index (χ3n) is 6.34. The second kappa shape index (κ2) is 9.61. The van der Waals surface area contributed by atoms with Gasteiger partial charge in [0.25, 0.3) is 0 Å². The van der Waals surface area contributed by atoms with Crippen molar-refractivity contribution in [2.24, 2.45) is 4.99 Å². The van der Waals surface area contributed by atoms with E-state index in [-0.39, 0.29) is 5.69 Å². The molecule has 0 bridgehead atoms. The van der Waals surface area contributed by atoms with Gasteiger partial charge in [-0.2, -0.15) is 15.3 Å². The Kier molecular flexibility index (Phi) is 6.21. The molecule has 5 rings (SSSR count). The van der Waals surface area contributed by atoms with Gasteiger partial charge in [-0.05, 0) is 36.1 Å². The number of imidazole rings is 1. The highest BCUT2D eigenvalue weighted by Gasteiger charge is 2.33. The van der Waals surface area contributed by atoms with Crippen molar-refractivity contribution in [3.05, 3.63) is 70.8 Å². The summed E-state index contributed by atoms with van der Waals surface area (Å²) in [6, 6.07) is 8.07. The molecule has 0 spiro atoms. The molecule has 11 nitrogen and oxygen atoms in total. The van der Waals surface area contributed by atoms with Crippen molar-refractivity contribution >= 4 is 6.21 Å². The molecule has 0 fully saturated rings. The van der Waals surface area contributed by atoms with Gasteiger partial charge < -0.3 is 0 Å². The first-order valence-electron chi connectivity index (χ1n) is 11.9. The van der Waals surface area contributed by atoms with E-state index < -0.39 is 5.41 Å². The van der Waals surface area contributed by atoms with E-state index in [0.29, 0.717) is 31.3 Å². The first kappa shape index (κ1) is 22.6. The van der Waals surface area contributed by atoms with E-state index in [1.807, 2.05) is 35.3 Å². The Morgan fingerprint density at radius 1 is 1.20 bits per heavy atom. The lowest BCUT2D eigenvalue weighted by Crippen LogP contribution is -2.37. The van der Waals surface area contributed by atoms with Gasteiger partial charge in [-0.15, -0.1) is 10.2 Å². The molecule has 3 aromatic heterocycles. The van der Waals surface area contributed by atoms with Crippen molar-refractivity contribution in [2.75, 3.05) is 0 Å². The van der Waals surface area contributed by atoms with Gasteiger partial charge in [0.05, 0.1) is 0 Å². The van der Waals surface area contributed by atoms with Crippen LogP contribution in [-0.4, -0.2) is 50.7 Å². The lowest BCUT2D eigenvalue weighted by molar-refractivity contribution is 0.438. The van der Waals surface area contributed by atoms with E-state index in [2.05, 4.69) is 67.8 Å². The van der Waals surface area contributed by atoms with Crippen molar-refractivity contribution in [1.82, 2.24) is 44.5 Å². The van der Waals surface area contributed by atoms with Gasteiger partial charge in [-0.1, -0.05) is 44.5 Å². The summed E-state index contributed by atoms with van der Waals surface area (Å²) in [5, 5.41) is 18.7. The minimum absolute atomic E-state index is 0.122. The Labute approximate surface area is 202 Å². The van der Waals surface area contributed by atoms with Gasteiger partial charge in [-0.25, -0.2) is 14.0 Å². The van der Waals surface area contributed by atoms with Crippen LogP contribution in [0.25, 0.3) is 17.3 Å². The highest BCUT2D eigenvalue weighted by molar-refractivity contribution is 5.65. The molecule has 0 amide bonds. The predicted molar refractivity (Wildman–Crippen MR) is 131 cm³/mol. The highest BCUT2D eigenvalue weighted by atomic mass is 16.2. The number of aliphatic imine (C=N–C) groups is 1. The summed E-state index contributed by atoms with van der Waals surface area (Å²) in [6.45, 7) is 5.35. The predicted octanol–water partition coefficient (Wildman–Crippen LogP) is 2.70. The molecule has 1 aliphatic heterocycles. The van der Waals surface area contributed by atoms with Crippen LogP contribution in [0.2, 0.25) is 0 Å². The average molecular weight is 473 g/mol. The maximum absolute atomic E-state index is 13.8. The van der Waals surface area contributed by atoms with E-state index in [1.54, 1.807) is 9.25 Å². The Morgan fingerprint density at radius 2 is 2.11 bits per heavy atom. The SMILES string of the molecule is CCCc1cn(-c2ncnn2CCC)c(=O)n1CC1(c2cccc(-c3nn[nH]n3)c2)C=CN=CC1. The zero-order chi connectivity index (χ0) is 24.3. The van der Waals surface area contributed by atoms with Crippen LogP contribution >= 0.6 is 0 Å². The van der Waals surface area contributed by atoms with Crippen molar-refractivity contribution in [1.29, 1.82) is 0 Å². The summed E-state index contributed by atoms with van der Waals surface area (Å²) in [7, 11) is 0. The number of nitrogens with one attached hydrogen (secondary N) is 1. The molecule has 1 N–H and O–H groups in total. The molecule has 0 saturated heterocycles. The van der Waals surface area contributed by atoms with Crippen LogP contribution in [-0.2, 0) is 24.9 Å². The summed E-state index contributed by atoms with van der Waals surface area (Å²) < 4.78 is 5.27. The summed E-state index contributed by atoms with van der Waals surface area (Å²) in [4.78, 5) is 22.5. The molecule has 1 unspecified atom stereocenters. The quantitative estimate of drug-likeness (QED) is 0.399. The van der Waals surface area contributed by atoms with Crippen LogP contribution in [0.15, 0.2) is 58.9 Å². The number of aromatic nitrogens is 9. The average Bonchev–Trinajstić information content (AvgIpc) is 3.63. The molecular weight excluding hydrogens is 444 g/mol. The Bertz CT molecular complexity index is 1410. The summed E-state index contributed by atoms with van der Waals surface area (Å²) in [5.74, 6) is 1.07. The van der Waals surface area contributed by atoms with Gasteiger partial charge in [0.2, 0.25) is 11.8 Å². The normalized spacial score (nSPS) is 17.3. The topological polar surface area (TPSA) is 124 Å². The lowest BCUT2D eigenvalue weighted by atomic mass is 9.76. The minimum atomic E-state index is -0.461. The fourth-order valence-electron chi connectivity index (χ4n) is 4.60. The summed E-state index contributed by atoms with van der Waals surface area (Å²) in [6.07, 6.45) is 12.5. The van der Waals surface area contributed by atoms with Crippen LogP contribution in [0, 0.1) is 0 Å². The van der Waals surface area contributed by atoms with Crippen LogP contribution in [0.1, 0.15) is 44.4 Å². The second-order valence-corrected chi connectivity index (χ2v) is 8.72. The molecule has 1 aromatic carbocycles. The fourth-order valence-corrected chi connectivity index (χ4v) is 4.60. The molecule has 0 radical (unpaired) electrons. The molecule has 4 heterocycles. The number of nitrogens with zero attached hydrogens (tertiary/aromatic N) is 9. The van der Waals surface area contributed by atoms with Gasteiger partial charge in [0.15, 0.2) is 0 Å². The Balaban J connectivity index is 1.60. The molecule has 0 saturated carbocycles. The van der Waals surface area contributed by atoms with E-state index in [4.69, 9.17) is 0 Å². The maximum Gasteiger partial charge on any atom is 0.335 e. The van der Waals surface area contributed by atoms with Crippen LogP contribution in [0.5, 0.6) is 0 Å². The summed E-state index contributed by atoms with van der Waals surface area (Å²) >= 11 is 0. The number of aromatic amines is 1. The number of H-pyrrole nitrogens is 1. The first-order chi connectivity index (χ1) is 17.1.